The molecule has 2 aliphatic heterocycles. The molecule has 4 heterocycles. The third-order valence-electron chi connectivity index (χ3n) is 6.70. The third-order valence-corrected chi connectivity index (χ3v) is 6.70. The van der Waals surface area contributed by atoms with E-state index >= 15 is 0 Å². The normalized spacial score (nSPS) is 16.7. The van der Waals surface area contributed by atoms with Gasteiger partial charge in [0.05, 0.1) is 25.3 Å². The van der Waals surface area contributed by atoms with E-state index in [0.29, 0.717) is 44.1 Å². The number of anilines is 2. The molecule has 1 amide bonds. The smallest absolute Gasteiger partial charge is 0.379 e. The van der Waals surface area contributed by atoms with Gasteiger partial charge in [-0.1, -0.05) is 0 Å². The van der Waals surface area contributed by atoms with Crippen LogP contribution in [-0.2, 0) is 36.3 Å². The van der Waals surface area contributed by atoms with Crippen molar-refractivity contribution >= 4 is 17.5 Å². The summed E-state index contributed by atoms with van der Waals surface area (Å²) in [6.45, 7) is 2.97. The molecule has 3 aromatic rings. The number of aromatic nitrogens is 4. The van der Waals surface area contributed by atoms with Crippen LogP contribution in [0.3, 0.4) is 0 Å². The minimum absolute atomic E-state index is 0.0393. The Balaban J connectivity index is 1.57. The predicted octanol–water partition coefficient (Wildman–Crippen LogP) is 2.58. The van der Waals surface area contributed by atoms with Crippen molar-refractivity contribution in [3.05, 3.63) is 64.2 Å². The fourth-order valence-corrected chi connectivity index (χ4v) is 4.73. The van der Waals surface area contributed by atoms with E-state index in [1.807, 2.05) is 17.7 Å². The number of nitrogens with one attached hydrogen (secondary N) is 1. The molecule has 0 radical (unpaired) electrons. The second-order valence-electron chi connectivity index (χ2n) is 9.35. The van der Waals surface area contributed by atoms with Gasteiger partial charge in [0.15, 0.2) is 0 Å². The first-order valence-electron chi connectivity index (χ1n) is 11.5. The van der Waals surface area contributed by atoms with Crippen LogP contribution in [0.15, 0.2) is 30.6 Å². The van der Waals surface area contributed by atoms with E-state index < -0.39 is 23.1 Å². The summed E-state index contributed by atoms with van der Waals surface area (Å²) in [5, 5.41) is 11.3. The van der Waals surface area contributed by atoms with Crippen molar-refractivity contribution in [1.82, 2.24) is 19.7 Å². The summed E-state index contributed by atoms with van der Waals surface area (Å²) >= 11 is 0. The molecule has 2 aliphatic rings. The zero-order valence-electron chi connectivity index (χ0n) is 19.9. The van der Waals surface area contributed by atoms with Gasteiger partial charge >= 0.3 is 6.18 Å². The molecule has 0 spiro atoms. The lowest BCUT2D eigenvalue weighted by atomic mass is 9.75. The minimum atomic E-state index is -4.57. The first-order chi connectivity index (χ1) is 17.1. The van der Waals surface area contributed by atoms with Crippen LogP contribution in [0.25, 0.3) is 0 Å². The molecule has 190 valence electrons. The molecule has 0 saturated carbocycles. The maximum absolute atomic E-state index is 13.8. The number of ether oxygens (including phenoxy) is 1. The van der Waals surface area contributed by atoms with E-state index in [9.17, 15) is 18.0 Å². The van der Waals surface area contributed by atoms with Crippen LogP contribution < -0.4 is 16.0 Å². The molecule has 12 heteroatoms. The topological polar surface area (TPSA) is 111 Å². The molecule has 3 N–H and O–H groups in total. The molecule has 1 fully saturated rings. The summed E-state index contributed by atoms with van der Waals surface area (Å²) in [5.74, 6) is 1.00. The Kier molecular flexibility index (Phi) is 5.95. The summed E-state index contributed by atoms with van der Waals surface area (Å²) in [7, 11) is 1.86. The summed E-state index contributed by atoms with van der Waals surface area (Å²) in [5.41, 5.74) is 5.64. The summed E-state index contributed by atoms with van der Waals surface area (Å²) in [4.78, 5) is 19.2. The number of hydrogen-bond donors (Lipinski definition) is 2. The molecule has 0 aliphatic carbocycles. The Morgan fingerprint density at radius 1 is 1.22 bits per heavy atom. The van der Waals surface area contributed by atoms with E-state index in [2.05, 4.69) is 20.5 Å². The number of nitrogens with zero attached hydrogens (tertiary/aromatic N) is 5. The van der Waals surface area contributed by atoms with Gasteiger partial charge in [-0.15, -0.1) is 10.2 Å². The van der Waals surface area contributed by atoms with Crippen LogP contribution in [-0.4, -0.2) is 52.0 Å². The monoisotopic (exact) mass is 501 g/mol. The van der Waals surface area contributed by atoms with Crippen LogP contribution in [0.5, 0.6) is 0 Å². The lowest BCUT2D eigenvalue weighted by molar-refractivity contribution is -0.138. The quantitative estimate of drug-likeness (QED) is 0.512. The Bertz CT molecular complexity index is 1320. The standard InChI is InChI=1S/C24H26F3N7O2/c1-14-5-16-17(18(6-14)24(25,26)27)10-34(22(16)35)20-8-15(7-19(31-20)29-4-3-28)23(11-36-12-23)9-21-32-30-13-33(21)2/h5-8,13H,3-4,9-12,28H2,1-2H3,(H,29,31). The zero-order valence-corrected chi connectivity index (χ0v) is 19.9. The summed E-state index contributed by atoms with van der Waals surface area (Å²) in [6, 6.07) is 6.21. The van der Waals surface area contributed by atoms with E-state index in [1.54, 1.807) is 19.3 Å². The fourth-order valence-electron chi connectivity index (χ4n) is 4.73. The van der Waals surface area contributed by atoms with E-state index in [4.69, 9.17) is 10.5 Å². The Labute approximate surface area is 205 Å². The molecule has 0 bridgehead atoms. The number of benzene rings is 1. The number of aryl methyl sites for hydroxylation is 2. The fraction of sp³-hybridized carbons (Fsp3) is 0.417. The highest BCUT2D eigenvalue weighted by Gasteiger charge is 2.44. The van der Waals surface area contributed by atoms with Crippen molar-refractivity contribution in [2.24, 2.45) is 12.8 Å². The van der Waals surface area contributed by atoms with Crippen molar-refractivity contribution < 1.29 is 22.7 Å². The number of alkyl halides is 3. The van der Waals surface area contributed by atoms with Gasteiger partial charge in [0, 0.05) is 37.5 Å². The van der Waals surface area contributed by atoms with Gasteiger partial charge in [-0.2, -0.15) is 13.2 Å². The van der Waals surface area contributed by atoms with Gasteiger partial charge in [-0.3, -0.25) is 9.69 Å². The van der Waals surface area contributed by atoms with Crippen LogP contribution >= 0.6 is 0 Å². The summed E-state index contributed by atoms with van der Waals surface area (Å²) in [6.07, 6.45) is -2.41. The van der Waals surface area contributed by atoms with E-state index in [1.165, 1.54) is 11.0 Å². The highest BCUT2D eigenvalue weighted by Crippen LogP contribution is 2.41. The Morgan fingerprint density at radius 3 is 2.61 bits per heavy atom. The Hall–Kier alpha value is -3.51. The predicted molar refractivity (Wildman–Crippen MR) is 126 cm³/mol. The van der Waals surface area contributed by atoms with Crippen molar-refractivity contribution in [2.45, 2.75) is 31.5 Å². The van der Waals surface area contributed by atoms with Crippen molar-refractivity contribution in [1.29, 1.82) is 0 Å². The average Bonchev–Trinajstić information content (AvgIpc) is 3.36. The van der Waals surface area contributed by atoms with Gasteiger partial charge in [0.25, 0.3) is 5.91 Å². The van der Waals surface area contributed by atoms with Crippen molar-refractivity contribution in [3.8, 4) is 0 Å². The average molecular weight is 502 g/mol. The first kappa shape index (κ1) is 24.2. The largest absolute Gasteiger partial charge is 0.416 e. The number of halogens is 3. The minimum Gasteiger partial charge on any atom is -0.379 e. The number of hydrogen-bond acceptors (Lipinski definition) is 7. The molecular formula is C24H26F3N7O2. The maximum atomic E-state index is 13.8. The second-order valence-corrected chi connectivity index (χ2v) is 9.35. The number of fused-ring (bicyclic) bond motifs is 1. The van der Waals surface area contributed by atoms with Crippen LogP contribution in [0.4, 0.5) is 24.8 Å². The first-order valence-corrected chi connectivity index (χ1v) is 11.5. The van der Waals surface area contributed by atoms with E-state index in [0.717, 1.165) is 17.5 Å². The van der Waals surface area contributed by atoms with Crippen molar-refractivity contribution in [3.63, 3.8) is 0 Å². The molecule has 0 atom stereocenters. The van der Waals surface area contributed by atoms with Gasteiger partial charge in [-0.25, -0.2) is 4.98 Å². The maximum Gasteiger partial charge on any atom is 0.416 e. The summed E-state index contributed by atoms with van der Waals surface area (Å²) < 4.78 is 48.7. The number of amides is 1. The van der Waals surface area contributed by atoms with Crippen LogP contribution in [0.2, 0.25) is 0 Å². The highest BCUT2D eigenvalue weighted by molar-refractivity contribution is 6.10. The molecule has 36 heavy (non-hydrogen) atoms. The Morgan fingerprint density at radius 2 is 2.00 bits per heavy atom. The molecule has 0 unspecified atom stereocenters. The second kappa shape index (κ2) is 8.86. The van der Waals surface area contributed by atoms with Gasteiger partial charge < -0.3 is 20.4 Å². The molecule has 1 saturated heterocycles. The third kappa shape index (κ3) is 4.20. The number of pyridine rings is 1. The van der Waals surface area contributed by atoms with Gasteiger partial charge in [0.1, 0.15) is 23.8 Å². The van der Waals surface area contributed by atoms with Gasteiger partial charge in [0.2, 0.25) is 0 Å². The lowest BCUT2D eigenvalue weighted by Gasteiger charge is -2.42. The number of nitrogens with two attached hydrogens (primary N) is 1. The number of carbonyl (C=O) groups is 1. The highest BCUT2D eigenvalue weighted by atomic mass is 19.4. The molecule has 9 nitrogen and oxygen atoms in total. The molecule has 1 aromatic carbocycles. The number of carbonyl (C=O) groups excluding carboxylic acids is 1. The zero-order chi connectivity index (χ0) is 25.7. The molecule has 5 rings (SSSR count). The van der Waals surface area contributed by atoms with Gasteiger partial charge in [-0.05, 0) is 47.9 Å². The van der Waals surface area contributed by atoms with Crippen LogP contribution in [0, 0.1) is 6.92 Å². The van der Waals surface area contributed by atoms with E-state index in [-0.39, 0.29) is 23.5 Å². The lowest BCUT2D eigenvalue weighted by Crippen LogP contribution is -2.49. The van der Waals surface area contributed by atoms with Crippen molar-refractivity contribution in [2.75, 3.05) is 36.5 Å². The molecule has 2 aromatic heterocycles. The SMILES string of the molecule is Cc1cc2c(c(C(F)(F)F)c1)CN(c1cc(C3(Cc4nncn4C)COC3)cc(NCCN)n1)C2=O. The molecular weight excluding hydrogens is 475 g/mol. The number of rotatable bonds is 7. The van der Waals surface area contributed by atoms with Crippen LogP contribution in [0.1, 0.15) is 38.4 Å².